The standard InChI is InChI=1S/C25H34N8O2S/c1-15-12-21(36-31-15)29-25-28-20-6-7-33(19-13-16(14-19)23(26)34)22(20)24(30-25)27-17-2-4-18(5-3-17)32-8-10-35-11-9-32/h6-7,12,16-19H,2-5,8-11,13-14H2,1H3,(H2,26,34)(H2,27,28,29,30). The van der Waals surface area contributed by atoms with Gasteiger partial charge in [0.15, 0.2) is 5.82 Å². The van der Waals surface area contributed by atoms with Crippen molar-refractivity contribution in [2.24, 2.45) is 11.7 Å². The molecule has 6 rings (SSSR count). The van der Waals surface area contributed by atoms with Gasteiger partial charge in [0.1, 0.15) is 10.5 Å². The third-order valence-electron chi connectivity index (χ3n) is 7.93. The average Bonchev–Trinajstić information content (AvgIpc) is 3.45. The van der Waals surface area contributed by atoms with Crippen molar-refractivity contribution < 1.29 is 9.53 Å². The van der Waals surface area contributed by atoms with Gasteiger partial charge in [-0.3, -0.25) is 9.69 Å². The van der Waals surface area contributed by atoms with Crippen LogP contribution in [0.4, 0.5) is 16.8 Å². The van der Waals surface area contributed by atoms with Crippen LogP contribution in [-0.4, -0.2) is 68.1 Å². The second-order valence-electron chi connectivity index (χ2n) is 10.3. The molecule has 3 fully saturated rings. The first-order valence-corrected chi connectivity index (χ1v) is 13.8. The van der Waals surface area contributed by atoms with Crippen LogP contribution < -0.4 is 16.4 Å². The van der Waals surface area contributed by atoms with E-state index in [1.54, 1.807) is 0 Å². The Morgan fingerprint density at radius 2 is 1.92 bits per heavy atom. The van der Waals surface area contributed by atoms with Gasteiger partial charge in [-0.15, -0.1) is 0 Å². The second kappa shape index (κ2) is 9.95. The molecular weight excluding hydrogens is 476 g/mol. The number of nitrogens with one attached hydrogen (secondary N) is 2. The van der Waals surface area contributed by atoms with Crippen molar-refractivity contribution in [3.05, 3.63) is 24.0 Å². The van der Waals surface area contributed by atoms with Crippen LogP contribution in [0.2, 0.25) is 0 Å². The van der Waals surface area contributed by atoms with E-state index in [9.17, 15) is 4.79 Å². The van der Waals surface area contributed by atoms with Crippen LogP contribution >= 0.6 is 11.5 Å². The summed E-state index contributed by atoms with van der Waals surface area (Å²) in [5, 5.41) is 8.04. The first-order valence-electron chi connectivity index (χ1n) is 13.0. The summed E-state index contributed by atoms with van der Waals surface area (Å²) >= 11 is 1.41. The molecule has 2 saturated carbocycles. The summed E-state index contributed by atoms with van der Waals surface area (Å²) in [4.78, 5) is 24.0. The molecule has 0 bridgehead atoms. The van der Waals surface area contributed by atoms with Gasteiger partial charge in [-0.1, -0.05) is 0 Å². The molecule has 3 aromatic heterocycles. The van der Waals surface area contributed by atoms with Gasteiger partial charge in [-0.2, -0.15) is 9.36 Å². The Morgan fingerprint density at radius 1 is 1.14 bits per heavy atom. The lowest BCUT2D eigenvalue weighted by atomic mass is 9.79. The Morgan fingerprint density at radius 3 is 2.61 bits per heavy atom. The van der Waals surface area contributed by atoms with Crippen LogP contribution in [0.15, 0.2) is 18.3 Å². The van der Waals surface area contributed by atoms with E-state index in [-0.39, 0.29) is 17.9 Å². The Hall–Kier alpha value is -2.76. The second-order valence-corrected chi connectivity index (χ2v) is 11.1. The van der Waals surface area contributed by atoms with Gasteiger partial charge >= 0.3 is 0 Å². The molecule has 192 valence electrons. The van der Waals surface area contributed by atoms with E-state index in [2.05, 4.69) is 30.7 Å². The fourth-order valence-electron chi connectivity index (χ4n) is 5.83. The Bertz CT molecular complexity index is 1220. The molecule has 4 heterocycles. The minimum atomic E-state index is -0.208. The number of ether oxygens (including phenoxy) is 1. The summed E-state index contributed by atoms with van der Waals surface area (Å²) in [5.41, 5.74) is 8.40. The molecule has 1 amide bonds. The van der Waals surface area contributed by atoms with Gasteiger partial charge in [-0.25, -0.2) is 4.98 Å². The Labute approximate surface area is 214 Å². The molecule has 0 aromatic carbocycles. The number of hydrogen-bond donors (Lipinski definition) is 3. The number of fused-ring (bicyclic) bond motifs is 1. The van der Waals surface area contributed by atoms with E-state index in [1.165, 1.54) is 24.4 Å². The summed E-state index contributed by atoms with van der Waals surface area (Å²) in [7, 11) is 0. The quantitative estimate of drug-likeness (QED) is 0.442. The summed E-state index contributed by atoms with van der Waals surface area (Å²) in [6.45, 7) is 5.76. The highest BCUT2D eigenvalue weighted by molar-refractivity contribution is 7.10. The van der Waals surface area contributed by atoms with Crippen molar-refractivity contribution in [3.63, 3.8) is 0 Å². The maximum Gasteiger partial charge on any atom is 0.230 e. The van der Waals surface area contributed by atoms with Crippen LogP contribution in [0.1, 0.15) is 50.3 Å². The number of aromatic nitrogens is 4. The van der Waals surface area contributed by atoms with E-state index >= 15 is 0 Å². The molecule has 11 heteroatoms. The highest BCUT2D eigenvalue weighted by Crippen LogP contribution is 2.41. The zero-order chi connectivity index (χ0) is 24.6. The topological polar surface area (TPSA) is 123 Å². The van der Waals surface area contributed by atoms with Gasteiger partial charge in [0.2, 0.25) is 11.9 Å². The van der Waals surface area contributed by atoms with E-state index in [0.717, 1.165) is 79.5 Å². The zero-order valence-corrected chi connectivity index (χ0v) is 21.5. The number of nitrogens with two attached hydrogens (primary N) is 1. The van der Waals surface area contributed by atoms with Crippen molar-refractivity contribution in [2.45, 2.75) is 63.6 Å². The predicted octanol–water partition coefficient (Wildman–Crippen LogP) is 3.43. The highest BCUT2D eigenvalue weighted by atomic mass is 32.1. The van der Waals surface area contributed by atoms with Crippen LogP contribution in [0.5, 0.6) is 0 Å². The first-order chi connectivity index (χ1) is 17.5. The molecule has 1 saturated heterocycles. The molecule has 4 N–H and O–H groups in total. The minimum Gasteiger partial charge on any atom is -0.379 e. The third-order valence-corrected chi connectivity index (χ3v) is 8.73. The monoisotopic (exact) mass is 510 g/mol. The van der Waals surface area contributed by atoms with Crippen molar-refractivity contribution in [2.75, 3.05) is 36.9 Å². The number of anilines is 3. The van der Waals surface area contributed by atoms with Crippen molar-refractivity contribution in [1.29, 1.82) is 0 Å². The fourth-order valence-corrected chi connectivity index (χ4v) is 6.49. The average molecular weight is 511 g/mol. The summed E-state index contributed by atoms with van der Waals surface area (Å²) in [5.74, 6) is 1.17. The van der Waals surface area contributed by atoms with Crippen molar-refractivity contribution in [1.82, 2.24) is 23.8 Å². The molecular formula is C25H34N8O2S. The number of morpholine rings is 1. The maximum atomic E-state index is 11.6. The minimum absolute atomic E-state index is 0.0456. The Kier molecular flexibility index (Phi) is 6.53. The van der Waals surface area contributed by atoms with Gasteiger partial charge in [0.05, 0.1) is 24.4 Å². The van der Waals surface area contributed by atoms with E-state index < -0.39 is 0 Å². The number of primary amides is 1. The predicted molar refractivity (Wildman–Crippen MR) is 141 cm³/mol. The number of amides is 1. The number of rotatable bonds is 7. The SMILES string of the molecule is Cc1cc(Nc2nc(NC3CCC(N4CCOCC4)CC3)c3c(ccn3C3CC(C(N)=O)C3)n2)sn1. The molecule has 1 aliphatic heterocycles. The van der Waals surface area contributed by atoms with Gasteiger partial charge in [0, 0.05) is 43.3 Å². The molecule has 3 aromatic rings. The number of carbonyl (C=O) groups is 1. The zero-order valence-electron chi connectivity index (χ0n) is 20.7. The van der Waals surface area contributed by atoms with Gasteiger partial charge in [0.25, 0.3) is 0 Å². The molecule has 10 nitrogen and oxygen atoms in total. The maximum absolute atomic E-state index is 11.6. The van der Waals surface area contributed by atoms with Crippen LogP contribution in [0, 0.1) is 12.8 Å². The first kappa shape index (κ1) is 23.6. The lowest BCUT2D eigenvalue weighted by Crippen LogP contribution is -2.46. The molecule has 36 heavy (non-hydrogen) atoms. The van der Waals surface area contributed by atoms with Crippen molar-refractivity contribution >= 4 is 45.2 Å². The molecule has 0 spiro atoms. The highest BCUT2D eigenvalue weighted by Gasteiger charge is 2.35. The van der Waals surface area contributed by atoms with Gasteiger partial charge < -0.3 is 25.7 Å². The van der Waals surface area contributed by atoms with Crippen LogP contribution in [-0.2, 0) is 9.53 Å². The largest absolute Gasteiger partial charge is 0.379 e. The molecule has 0 radical (unpaired) electrons. The third kappa shape index (κ3) is 4.79. The molecule has 3 aliphatic rings. The molecule has 0 unspecified atom stereocenters. The summed E-state index contributed by atoms with van der Waals surface area (Å²) < 4.78 is 12.1. The van der Waals surface area contributed by atoms with Crippen LogP contribution in [0.3, 0.4) is 0 Å². The van der Waals surface area contributed by atoms with Gasteiger partial charge in [-0.05, 0) is 69.1 Å². The lowest BCUT2D eigenvalue weighted by molar-refractivity contribution is -0.125. The smallest absolute Gasteiger partial charge is 0.230 e. The molecule has 2 aliphatic carbocycles. The van der Waals surface area contributed by atoms with Crippen molar-refractivity contribution in [3.8, 4) is 0 Å². The fraction of sp³-hybridized carbons (Fsp3) is 0.600. The summed E-state index contributed by atoms with van der Waals surface area (Å²) in [6.07, 6.45) is 8.19. The number of carbonyl (C=O) groups excluding carboxylic acids is 1. The van der Waals surface area contributed by atoms with E-state index in [1.807, 2.05) is 19.1 Å². The van der Waals surface area contributed by atoms with E-state index in [0.29, 0.717) is 18.0 Å². The lowest BCUT2D eigenvalue weighted by Gasteiger charge is -2.39. The Balaban J connectivity index is 1.24. The number of hydrogen-bond acceptors (Lipinski definition) is 9. The number of nitrogens with zero attached hydrogens (tertiary/aromatic N) is 5. The van der Waals surface area contributed by atoms with E-state index in [4.69, 9.17) is 20.4 Å². The molecule has 0 atom stereocenters. The van der Waals surface area contributed by atoms with Crippen LogP contribution in [0.25, 0.3) is 11.0 Å². The number of aryl methyl sites for hydroxylation is 1. The summed E-state index contributed by atoms with van der Waals surface area (Å²) in [6, 6.07) is 5.29. The normalized spacial score (nSPS) is 27.0.